The summed E-state index contributed by atoms with van der Waals surface area (Å²) in [4.78, 5) is 17.6. The molecule has 2 bridgehead atoms. The highest BCUT2D eigenvalue weighted by atomic mass is 79.9. The molecule has 7 rings (SSSR count). The number of phenolic OH excluding ortho intramolecular Hbond substituents is 1. The minimum absolute atomic E-state index is 0.00437. The number of carbonyl (C=O) groups is 1. The molecule has 8 heteroatoms. The molecule has 2 aliphatic heterocycles. The molecule has 1 spiro atoms. The Bertz CT molecular complexity index is 1360. The predicted molar refractivity (Wildman–Crippen MR) is 144 cm³/mol. The first-order valence-corrected chi connectivity index (χ1v) is 14.4. The number of aromatic hydroxyl groups is 1. The zero-order valence-corrected chi connectivity index (χ0v) is 23.0. The monoisotopic (exact) mass is 582 g/mol. The summed E-state index contributed by atoms with van der Waals surface area (Å²) in [6.07, 6.45) is 7.94. The molecule has 6 nitrogen and oxygen atoms in total. The van der Waals surface area contributed by atoms with Gasteiger partial charge in [0, 0.05) is 31.3 Å². The summed E-state index contributed by atoms with van der Waals surface area (Å²) in [5.74, 6) is 0.783. The SMILES string of the molecule is CN(C(=O)C=Cc1ccc(F)c(Br)c1)[C@H]1CC[C@@]2(O)[C@H]3Cc4ccc(O)c5c4[C@@]2(CCN3CC2CC2)[C@H]1O5. The van der Waals surface area contributed by atoms with E-state index in [1.807, 2.05) is 6.07 Å². The average Bonchev–Trinajstić information content (AvgIpc) is 3.64. The van der Waals surface area contributed by atoms with Crippen molar-refractivity contribution in [1.29, 1.82) is 0 Å². The normalized spacial score (nSPS) is 33.2. The van der Waals surface area contributed by atoms with Crippen LogP contribution in [0.5, 0.6) is 11.5 Å². The first-order chi connectivity index (χ1) is 18.2. The van der Waals surface area contributed by atoms with Crippen LogP contribution in [0.25, 0.3) is 6.08 Å². The second kappa shape index (κ2) is 8.54. The predicted octanol–water partition coefficient (Wildman–Crippen LogP) is 4.40. The number of hydrogen-bond donors (Lipinski definition) is 2. The zero-order chi connectivity index (χ0) is 26.4. The van der Waals surface area contributed by atoms with E-state index in [4.69, 9.17) is 4.74 Å². The van der Waals surface area contributed by atoms with Crippen LogP contribution in [0.4, 0.5) is 4.39 Å². The summed E-state index contributed by atoms with van der Waals surface area (Å²) in [5.41, 5.74) is 1.18. The summed E-state index contributed by atoms with van der Waals surface area (Å²) in [6.45, 7) is 1.91. The van der Waals surface area contributed by atoms with Gasteiger partial charge in [0.1, 0.15) is 11.9 Å². The Morgan fingerprint density at radius 2 is 2.08 bits per heavy atom. The molecule has 5 aliphatic rings. The summed E-state index contributed by atoms with van der Waals surface area (Å²) in [5, 5.41) is 23.4. The molecule has 2 aromatic rings. The van der Waals surface area contributed by atoms with Crippen molar-refractivity contribution in [3.8, 4) is 11.5 Å². The van der Waals surface area contributed by atoms with Crippen molar-refractivity contribution in [1.82, 2.24) is 9.80 Å². The molecular formula is C30H32BrFN2O4. The van der Waals surface area contributed by atoms with Crippen molar-refractivity contribution in [3.63, 3.8) is 0 Å². The topological polar surface area (TPSA) is 73.2 Å². The van der Waals surface area contributed by atoms with Gasteiger partial charge in [-0.25, -0.2) is 4.39 Å². The maximum absolute atomic E-state index is 13.6. The number of rotatable bonds is 5. The maximum Gasteiger partial charge on any atom is 0.246 e. The summed E-state index contributed by atoms with van der Waals surface area (Å²) in [6, 6.07) is 8.07. The third-order valence-corrected chi connectivity index (χ3v) is 10.5. The van der Waals surface area contributed by atoms with E-state index in [9.17, 15) is 19.4 Å². The molecule has 3 aliphatic carbocycles. The highest BCUT2D eigenvalue weighted by Crippen LogP contribution is 2.66. The third-order valence-electron chi connectivity index (χ3n) is 9.94. The van der Waals surface area contributed by atoms with Gasteiger partial charge in [-0.2, -0.15) is 0 Å². The molecule has 0 unspecified atom stereocenters. The van der Waals surface area contributed by atoms with Crippen LogP contribution in [0.2, 0.25) is 0 Å². The van der Waals surface area contributed by atoms with Crippen molar-refractivity contribution >= 4 is 27.9 Å². The number of carbonyl (C=O) groups excluding carboxylic acids is 1. The molecule has 0 radical (unpaired) electrons. The molecule has 3 fully saturated rings. The zero-order valence-electron chi connectivity index (χ0n) is 21.4. The second-order valence-electron chi connectivity index (χ2n) is 11.9. The van der Waals surface area contributed by atoms with Crippen LogP contribution in [0.3, 0.4) is 0 Å². The molecule has 1 saturated heterocycles. The average molecular weight is 583 g/mol. The number of amides is 1. The number of piperidine rings is 1. The van der Waals surface area contributed by atoms with Crippen LogP contribution >= 0.6 is 15.9 Å². The van der Waals surface area contributed by atoms with Crippen molar-refractivity contribution in [2.45, 2.75) is 67.7 Å². The summed E-state index contributed by atoms with van der Waals surface area (Å²) in [7, 11) is 1.79. The van der Waals surface area contributed by atoms with E-state index in [0.29, 0.717) is 28.6 Å². The molecule has 38 heavy (non-hydrogen) atoms. The van der Waals surface area contributed by atoms with Crippen LogP contribution in [0, 0.1) is 11.7 Å². The number of phenols is 1. The number of benzene rings is 2. The van der Waals surface area contributed by atoms with E-state index in [2.05, 4.69) is 20.8 Å². The van der Waals surface area contributed by atoms with E-state index in [0.717, 1.165) is 43.0 Å². The highest BCUT2D eigenvalue weighted by molar-refractivity contribution is 9.10. The highest BCUT2D eigenvalue weighted by Gasteiger charge is 2.73. The number of likely N-dealkylation sites (N-methyl/N-ethyl adjacent to an activating group) is 1. The van der Waals surface area contributed by atoms with Gasteiger partial charge in [0.05, 0.1) is 21.5 Å². The van der Waals surface area contributed by atoms with E-state index in [1.165, 1.54) is 25.0 Å². The van der Waals surface area contributed by atoms with Gasteiger partial charge in [-0.1, -0.05) is 12.1 Å². The van der Waals surface area contributed by atoms with Gasteiger partial charge < -0.3 is 19.8 Å². The Kier molecular flexibility index (Phi) is 5.53. The number of ether oxygens (including phenoxy) is 1. The van der Waals surface area contributed by atoms with Gasteiger partial charge in [0.15, 0.2) is 11.5 Å². The van der Waals surface area contributed by atoms with Crippen molar-refractivity contribution < 1.29 is 24.1 Å². The van der Waals surface area contributed by atoms with Gasteiger partial charge >= 0.3 is 0 Å². The van der Waals surface area contributed by atoms with E-state index >= 15 is 0 Å². The van der Waals surface area contributed by atoms with E-state index < -0.39 is 17.1 Å². The lowest BCUT2D eigenvalue weighted by Crippen LogP contribution is -2.78. The molecule has 2 N–H and O–H groups in total. The van der Waals surface area contributed by atoms with E-state index in [-0.39, 0.29) is 29.6 Å². The fraction of sp³-hybridized carbons (Fsp3) is 0.500. The van der Waals surface area contributed by atoms with Gasteiger partial charge in [0.2, 0.25) is 5.91 Å². The molecule has 0 aromatic heterocycles. The van der Waals surface area contributed by atoms with Gasteiger partial charge in [0.25, 0.3) is 0 Å². The number of nitrogens with zero attached hydrogens (tertiary/aromatic N) is 2. The van der Waals surface area contributed by atoms with Crippen LogP contribution in [0.15, 0.2) is 40.9 Å². The van der Waals surface area contributed by atoms with Crippen LogP contribution < -0.4 is 4.74 Å². The molecule has 2 aromatic carbocycles. The second-order valence-corrected chi connectivity index (χ2v) is 12.7. The number of halogens is 2. The lowest BCUT2D eigenvalue weighted by molar-refractivity contribution is -0.200. The minimum atomic E-state index is -0.979. The molecule has 2 saturated carbocycles. The van der Waals surface area contributed by atoms with Crippen LogP contribution in [0.1, 0.15) is 48.8 Å². The van der Waals surface area contributed by atoms with Crippen LogP contribution in [-0.4, -0.2) is 69.8 Å². The fourth-order valence-corrected chi connectivity index (χ4v) is 8.31. The van der Waals surface area contributed by atoms with Gasteiger partial charge in [-0.15, -0.1) is 0 Å². The quantitative estimate of drug-likeness (QED) is 0.511. The van der Waals surface area contributed by atoms with Crippen molar-refractivity contribution in [3.05, 3.63) is 63.4 Å². The maximum atomic E-state index is 13.6. The first-order valence-electron chi connectivity index (χ1n) is 13.6. The molecule has 200 valence electrons. The van der Waals surface area contributed by atoms with Crippen LogP contribution in [-0.2, 0) is 16.6 Å². The van der Waals surface area contributed by atoms with Gasteiger partial charge in [-0.3, -0.25) is 9.69 Å². The smallest absolute Gasteiger partial charge is 0.246 e. The lowest BCUT2D eigenvalue weighted by atomic mass is 9.48. The Hall–Kier alpha value is -2.42. The number of hydrogen-bond acceptors (Lipinski definition) is 5. The van der Waals surface area contributed by atoms with E-state index in [1.54, 1.807) is 36.2 Å². The molecule has 1 amide bonds. The minimum Gasteiger partial charge on any atom is -0.504 e. The molecule has 5 atom stereocenters. The first kappa shape index (κ1) is 24.6. The summed E-state index contributed by atoms with van der Waals surface area (Å²) < 4.78 is 20.6. The Labute approximate surface area is 230 Å². The lowest BCUT2D eigenvalue weighted by Gasteiger charge is -2.64. The largest absolute Gasteiger partial charge is 0.504 e. The number of likely N-dealkylation sites (tertiary alicyclic amines) is 1. The van der Waals surface area contributed by atoms with Crippen molar-refractivity contribution in [2.75, 3.05) is 20.1 Å². The Morgan fingerprint density at radius 3 is 2.84 bits per heavy atom. The fourth-order valence-electron chi connectivity index (χ4n) is 7.92. The van der Waals surface area contributed by atoms with Gasteiger partial charge in [-0.05, 0) is 102 Å². The standard InChI is InChI=1S/C30H32BrFN2O4/c1-33(25(36)9-5-17-4-7-21(32)20(31)14-17)22-10-11-30(37)24-15-19-6-8-23(35)27-26(19)29(30,28(22)38-27)12-13-34(24)16-18-2-3-18/h4-9,14,18,22,24,28,35,37H,2-3,10-13,15-16H2,1H3/t22-,24+,28-,29-,30+/m0/s1. The number of aliphatic hydroxyl groups is 1. The third kappa shape index (κ3) is 3.39. The Balaban J connectivity index is 1.23. The molecular weight excluding hydrogens is 551 g/mol. The van der Waals surface area contributed by atoms with Crippen molar-refractivity contribution in [2.24, 2.45) is 5.92 Å². The summed E-state index contributed by atoms with van der Waals surface area (Å²) >= 11 is 3.19. The molecule has 2 heterocycles. The Morgan fingerprint density at radius 1 is 1.26 bits per heavy atom.